The Balaban J connectivity index is 2.36. The Labute approximate surface area is 73.6 Å². The van der Waals surface area contributed by atoms with Crippen LogP contribution in [0.4, 0.5) is 0 Å². The maximum atomic E-state index is 11.2. The minimum Gasteiger partial charge on any atom is -0.465 e. The highest BCUT2D eigenvalue weighted by Gasteiger charge is 2.39. The van der Waals surface area contributed by atoms with Gasteiger partial charge in [0.1, 0.15) is 0 Å². The summed E-state index contributed by atoms with van der Waals surface area (Å²) in [5.74, 6) is -0.0108. The SMILES string of the molecule is CCCC1=C(C)C1C(=O)OCC. The van der Waals surface area contributed by atoms with Crippen LogP contribution in [0.2, 0.25) is 0 Å². The van der Waals surface area contributed by atoms with Gasteiger partial charge in [-0.15, -0.1) is 0 Å². The molecule has 1 aliphatic rings. The lowest BCUT2D eigenvalue weighted by Gasteiger charge is -2.00. The molecule has 0 N–H and O–H groups in total. The van der Waals surface area contributed by atoms with E-state index in [9.17, 15) is 4.79 Å². The summed E-state index contributed by atoms with van der Waals surface area (Å²) in [7, 11) is 0. The molecule has 0 amide bonds. The van der Waals surface area contributed by atoms with Gasteiger partial charge in [-0.3, -0.25) is 4.79 Å². The zero-order valence-corrected chi connectivity index (χ0v) is 8.02. The third-order valence-electron chi connectivity index (χ3n) is 2.25. The van der Waals surface area contributed by atoms with Gasteiger partial charge in [0.2, 0.25) is 0 Å². The molecule has 1 aliphatic carbocycles. The Morgan fingerprint density at radius 1 is 1.50 bits per heavy atom. The largest absolute Gasteiger partial charge is 0.465 e. The molecule has 0 saturated heterocycles. The summed E-state index contributed by atoms with van der Waals surface area (Å²) in [4.78, 5) is 11.2. The van der Waals surface area contributed by atoms with Crippen molar-refractivity contribution >= 4 is 5.97 Å². The fraction of sp³-hybridized carbons (Fsp3) is 0.700. The standard InChI is InChI=1S/C10H16O2/c1-4-6-8-7(3)9(8)10(11)12-5-2/h9H,4-6H2,1-3H3. The van der Waals surface area contributed by atoms with Crippen molar-refractivity contribution in [1.29, 1.82) is 0 Å². The Bertz CT molecular complexity index is 216. The van der Waals surface area contributed by atoms with Crippen molar-refractivity contribution in [2.24, 2.45) is 5.92 Å². The van der Waals surface area contributed by atoms with Crippen LogP contribution in [0.1, 0.15) is 33.6 Å². The van der Waals surface area contributed by atoms with E-state index in [0.717, 1.165) is 12.8 Å². The summed E-state index contributed by atoms with van der Waals surface area (Å²) >= 11 is 0. The zero-order valence-electron chi connectivity index (χ0n) is 8.02. The summed E-state index contributed by atoms with van der Waals surface area (Å²) in [5, 5.41) is 0. The van der Waals surface area contributed by atoms with Gasteiger partial charge < -0.3 is 4.74 Å². The fourth-order valence-electron chi connectivity index (χ4n) is 1.55. The fourth-order valence-corrected chi connectivity index (χ4v) is 1.55. The predicted molar refractivity (Wildman–Crippen MR) is 47.7 cm³/mol. The third-order valence-corrected chi connectivity index (χ3v) is 2.25. The van der Waals surface area contributed by atoms with Crippen LogP contribution in [0.15, 0.2) is 11.1 Å². The van der Waals surface area contributed by atoms with Gasteiger partial charge in [0.05, 0.1) is 12.5 Å². The lowest BCUT2D eigenvalue weighted by Crippen LogP contribution is -2.09. The van der Waals surface area contributed by atoms with Crippen molar-refractivity contribution in [3.63, 3.8) is 0 Å². The second-order valence-corrected chi connectivity index (χ2v) is 3.14. The summed E-state index contributed by atoms with van der Waals surface area (Å²) in [6, 6.07) is 0. The number of hydrogen-bond donors (Lipinski definition) is 0. The normalized spacial score (nSPS) is 21.1. The lowest BCUT2D eigenvalue weighted by atomic mass is 10.2. The molecule has 0 radical (unpaired) electrons. The molecule has 0 fully saturated rings. The predicted octanol–water partition coefficient (Wildman–Crippen LogP) is 2.30. The van der Waals surface area contributed by atoms with Crippen molar-refractivity contribution in [2.75, 3.05) is 6.61 Å². The Hall–Kier alpha value is -0.790. The molecule has 0 aliphatic heterocycles. The van der Waals surface area contributed by atoms with Gasteiger partial charge in [-0.1, -0.05) is 24.5 Å². The quantitative estimate of drug-likeness (QED) is 0.475. The minimum absolute atomic E-state index is 0.0462. The first kappa shape index (κ1) is 9.30. The zero-order chi connectivity index (χ0) is 9.14. The van der Waals surface area contributed by atoms with E-state index in [1.807, 2.05) is 13.8 Å². The molecule has 12 heavy (non-hydrogen) atoms. The molecule has 1 atom stereocenters. The molecule has 0 aromatic carbocycles. The van der Waals surface area contributed by atoms with Gasteiger partial charge in [-0.05, 0) is 20.3 Å². The van der Waals surface area contributed by atoms with E-state index in [1.54, 1.807) is 0 Å². The van der Waals surface area contributed by atoms with Gasteiger partial charge in [0.25, 0.3) is 0 Å². The number of ether oxygens (including phenoxy) is 1. The average Bonchev–Trinajstić information content (AvgIpc) is 2.63. The molecular weight excluding hydrogens is 152 g/mol. The van der Waals surface area contributed by atoms with E-state index in [-0.39, 0.29) is 11.9 Å². The summed E-state index contributed by atoms with van der Waals surface area (Å²) in [5.41, 5.74) is 2.53. The Kier molecular flexibility index (Phi) is 2.90. The highest BCUT2D eigenvalue weighted by Crippen LogP contribution is 2.42. The van der Waals surface area contributed by atoms with E-state index in [1.165, 1.54) is 11.1 Å². The first-order valence-electron chi connectivity index (χ1n) is 4.58. The van der Waals surface area contributed by atoms with Crippen molar-refractivity contribution in [2.45, 2.75) is 33.6 Å². The second-order valence-electron chi connectivity index (χ2n) is 3.14. The van der Waals surface area contributed by atoms with Gasteiger partial charge in [0, 0.05) is 0 Å². The molecule has 1 unspecified atom stereocenters. The molecule has 0 aromatic heterocycles. The van der Waals surface area contributed by atoms with E-state index in [4.69, 9.17) is 4.74 Å². The number of esters is 1. The number of rotatable bonds is 4. The third kappa shape index (κ3) is 1.68. The van der Waals surface area contributed by atoms with E-state index < -0.39 is 0 Å². The summed E-state index contributed by atoms with van der Waals surface area (Å²) < 4.78 is 4.93. The number of carbonyl (C=O) groups excluding carboxylic acids is 1. The average molecular weight is 168 g/mol. The summed E-state index contributed by atoms with van der Waals surface area (Å²) in [6.45, 7) is 6.48. The van der Waals surface area contributed by atoms with Crippen LogP contribution < -0.4 is 0 Å². The van der Waals surface area contributed by atoms with E-state index >= 15 is 0 Å². The molecule has 0 heterocycles. The first-order chi connectivity index (χ1) is 5.72. The number of hydrogen-bond acceptors (Lipinski definition) is 2. The van der Waals surface area contributed by atoms with Crippen molar-refractivity contribution in [3.05, 3.63) is 11.1 Å². The molecule has 68 valence electrons. The van der Waals surface area contributed by atoms with Gasteiger partial charge in [-0.2, -0.15) is 0 Å². The van der Waals surface area contributed by atoms with Gasteiger partial charge in [-0.25, -0.2) is 0 Å². The molecule has 0 spiro atoms. The van der Waals surface area contributed by atoms with Crippen LogP contribution in [0, 0.1) is 5.92 Å². The molecule has 2 heteroatoms. The molecule has 1 rings (SSSR count). The van der Waals surface area contributed by atoms with Crippen molar-refractivity contribution in [1.82, 2.24) is 0 Å². The minimum atomic E-state index is -0.0570. The smallest absolute Gasteiger partial charge is 0.317 e. The van der Waals surface area contributed by atoms with Crippen molar-refractivity contribution < 1.29 is 9.53 Å². The molecule has 2 nitrogen and oxygen atoms in total. The molecule has 0 saturated carbocycles. The molecule has 0 aromatic rings. The van der Waals surface area contributed by atoms with Crippen LogP contribution in [0.3, 0.4) is 0 Å². The maximum Gasteiger partial charge on any atom is 0.317 e. The van der Waals surface area contributed by atoms with Crippen LogP contribution >= 0.6 is 0 Å². The van der Waals surface area contributed by atoms with E-state index in [0.29, 0.717) is 6.61 Å². The Morgan fingerprint density at radius 3 is 2.67 bits per heavy atom. The Morgan fingerprint density at radius 2 is 2.17 bits per heavy atom. The monoisotopic (exact) mass is 168 g/mol. The van der Waals surface area contributed by atoms with Gasteiger partial charge in [0.15, 0.2) is 0 Å². The molecular formula is C10H16O2. The molecule has 0 bridgehead atoms. The van der Waals surface area contributed by atoms with Crippen LogP contribution in [-0.4, -0.2) is 12.6 Å². The number of carbonyl (C=O) groups is 1. The van der Waals surface area contributed by atoms with Crippen molar-refractivity contribution in [3.8, 4) is 0 Å². The van der Waals surface area contributed by atoms with Gasteiger partial charge >= 0.3 is 5.97 Å². The second kappa shape index (κ2) is 3.74. The first-order valence-corrected chi connectivity index (χ1v) is 4.58. The van der Waals surface area contributed by atoms with Crippen LogP contribution in [0.5, 0.6) is 0 Å². The van der Waals surface area contributed by atoms with Crippen LogP contribution in [-0.2, 0) is 9.53 Å². The summed E-state index contributed by atoms with van der Waals surface area (Å²) in [6.07, 6.45) is 2.16. The topological polar surface area (TPSA) is 26.3 Å². The highest BCUT2D eigenvalue weighted by molar-refractivity contribution is 5.85. The maximum absolute atomic E-state index is 11.2. The lowest BCUT2D eigenvalue weighted by molar-refractivity contribution is -0.144. The van der Waals surface area contributed by atoms with Crippen LogP contribution in [0.25, 0.3) is 0 Å². The highest BCUT2D eigenvalue weighted by atomic mass is 16.5. The van der Waals surface area contributed by atoms with E-state index in [2.05, 4.69) is 6.92 Å².